The number of carboxylic acid groups (broad SMARTS) is 1. The van der Waals surface area contributed by atoms with E-state index >= 15 is 0 Å². The molecule has 0 aliphatic carbocycles. The lowest BCUT2D eigenvalue weighted by molar-refractivity contribution is 0.0687. The van der Waals surface area contributed by atoms with Gasteiger partial charge >= 0.3 is 5.97 Å². The van der Waals surface area contributed by atoms with E-state index < -0.39 is 5.97 Å². The van der Waals surface area contributed by atoms with E-state index in [-0.39, 0.29) is 5.69 Å². The van der Waals surface area contributed by atoms with Crippen molar-refractivity contribution in [1.82, 2.24) is 9.78 Å². The first-order valence-electron chi connectivity index (χ1n) is 6.40. The van der Waals surface area contributed by atoms with Crippen LogP contribution in [0.2, 0.25) is 10.0 Å². The number of rotatable bonds is 3. The summed E-state index contributed by atoms with van der Waals surface area (Å²) in [6, 6.07) is 15.5. The molecule has 1 aromatic heterocycles. The Morgan fingerprint density at radius 3 is 2.36 bits per heavy atom. The topological polar surface area (TPSA) is 55.1 Å². The van der Waals surface area contributed by atoms with Gasteiger partial charge in [0, 0.05) is 10.6 Å². The summed E-state index contributed by atoms with van der Waals surface area (Å²) in [5, 5.41) is 14.8. The lowest BCUT2D eigenvalue weighted by Crippen LogP contribution is -2.08. The quantitative estimate of drug-likeness (QED) is 0.765. The first kappa shape index (κ1) is 14.6. The van der Waals surface area contributed by atoms with E-state index in [1.54, 1.807) is 48.5 Å². The van der Waals surface area contributed by atoms with Crippen LogP contribution in [0.4, 0.5) is 0 Å². The number of para-hydroxylation sites is 1. The van der Waals surface area contributed by atoms with E-state index in [0.717, 1.165) is 5.56 Å². The van der Waals surface area contributed by atoms with Crippen molar-refractivity contribution in [3.63, 3.8) is 0 Å². The highest BCUT2D eigenvalue weighted by molar-refractivity contribution is 6.32. The van der Waals surface area contributed by atoms with Crippen molar-refractivity contribution < 1.29 is 9.90 Å². The molecule has 4 nitrogen and oxygen atoms in total. The Morgan fingerprint density at radius 2 is 1.73 bits per heavy atom. The number of carbonyl (C=O) groups is 1. The van der Waals surface area contributed by atoms with E-state index in [1.807, 2.05) is 0 Å². The molecule has 0 aliphatic heterocycles. The monoisotopic (exact) mass is 332 g/mol. The van der Waals surface area contributed by atoms with Gasteiger partial charge in [0.25, 0.3) is 0 Å². The Balaban J connectivity index is 2.17. The predicted octanol–water partition coefficient (Wildman–Crippen LogP) is 4.54. The largest absolute Gasteiger partial charge is 0.477 e. The first-order chi connectivity index (χ1) is 10.6. The van der Waals surface area contributed by atoms with Crippen LogP contribution in [0.15, 0.2) is 54.6 Å². The number of hydrogen-bond donors (Lipinski definition) is 1. The fourth-order valence-electron chi connectivity index (χ4n) is 2.10. The summed E-state index contributed by atoms with van der Waals surface area (Å²) in [5.74, 6) is -1.08. The first-order valence-corrected chi connectivity index (χ1v) is 7.16. The second-order valence-corrected chi connectivity index (χ2v) is 5.43. The third-order valence-corrected chi connectivity index (χ3v) is 3.72. The van der Waals surface area contributed by atoms with Crippen molar-refractivity contribution >= 4 is 29.2 Å². The van der Waals surface area contributed by atoms with Crippen molar-refractivity contribution in [2.75, 3.05) is 0 Å². The number of aromatic carboxylic acids is 1. The molecule has 0 radical (unpaired) electrons. The molecule has 0 unspecified atom stereocenters. The summed E-state index contributed by atoms with van der Waals surface area (Å²) in [6.07, 6.45) is 0. The normalized spacial score (nSPS) is 10.6. The highest BCUT2D eigenvalue weighted by atomic mass is 35.5. The fourth-order valence-corrected chi connectivity index (χ4v) is 2.44. The lowest BCUT2D eigenvalue weighted by atomic mass is 10.1. The summed E-state index contributed by atoms with van der Waals surface area (Å²) in [7, 11) is 0. The second-order valence-electron chi connectivity index (χ2n) is 4.59. The van der Waals surface area contributed by atoms with Crippen LogP contribution < -0.4 is 0 Å². The standard InChI is InChI=1S/C16H10Cl2N2O2/c17-11-7-5-10(6-8-11)13-9-15(16(21)22)20(19-13)14-4-2-1-3-12(14)18/h1-9H,(H,21,22). The number of carboxylic acids is 1. The molecule has 1 N–H and O–H groups in total. The van der Waals surface area contributed by atoms with Gasteiger partial charge in [-0.2, -0.15) is 5.10 Å². The molecule has 0 aliphatic rings. The van der Waals surface area contributed by atoms with Crippen LogP contribution in [0.1, 0.15) is 10.5 Å². The molecule has 0 spiro atoms. The minimum Gasteiger partial charge on any atom is -0.477 e. The van der Waals surface area contributed by atoms with E-state index in [0.29, 0.717) is 21.4 Å². The summed E-state index contributed by atoms with van der Waals surface area (Å²) < 4.78 is 1.33. The summed E-state index contributed by atoms with van der Waals surface area (Å²) >= 11 is 12.0. The minimum atomic E-state index is -1.08. The number of halogens is 2. The molecule has 3 aromatic rings. The maximum absolute atomic E-state index is 11.5. The fraction of sp³-hybridized carbons (Fsp3) is 0. The van der Waals surface area contributed by atoms with Gasteiger partial charge in [0.05, 0.1) is 16.4 Å². The molecule has 3 rings (SSSR count). The molecule has 110 valence electrons. The van der Waals surface area contributed by atoms with Crippen LogP contribution in [0, 0.1) is 0 Å². The lowest BCUT2D eigenvalue weighted by Gasteiger charge is -2.06. The van der Waals surface area contributed by atoms with Crippen LogP contribution in [-0.4, -0.2) is 20.9 Å². The van der Waals surface area contributed by atoms with Crippen molar-refractivity contribution in [1.29, 1.82) is 0 Å². The van der Waals surface area contributed by atoms with Crippen LogP contribution in [0.5, 0.6) is 0 Å². The zero-order chi connectivity index (χ0) is 15.7. The third kappa shape index (κ3) is 2.71. The SMILES string of the molecule is O=C(O)c1cc(-c2ccc(Cl)cc2)nn1-c1ccccc1Cl. The molecule has 0 amide bonds. The Labute approximate surface area is 136 Å². The molecule has 0 bridgehead atoms. The highest BCUT2D eigenvalue weighted by Crippen LogP contribution is 2.26. The maximum Gasteiger partial charge on any atom is 0.354 e. The van der Waals surface area contributed by atoms with Gasteiger partial charge in [-0.05, 0) is 30.3 Å². The molecule has 22 heavy (non-hydrogen) atoms. The summed E-state index contributed by atoms with van der Waals surface area (Å²) in [6.45, 7) is 0. The van der Waals surface area contributed by atoms with Crippen molar-refractivity contribution in [3.05, 3.63) is 70.3 Å². The average molecular weight is 333 g/mol. The Hall–Kier alpha value is -2.30. The van der Waals surface area contributed by atoms with Gasteiger partial charge < -0.3 is 5.11 Å². The third-order valence-electron chi connectivity index (χ3n) is 3.15. The second kappa shape index (κ2) is 5.83. The molecule has 6 heteroatoms. The van der Waals surface area contributed by atoms with Gasteiger partial charge in [-0.25, -0.2) is 9.48 Å². The van der Waals surface area contributed by atoms with Gasteiger partial charge in [-0.1, -0.05) is 47.5 Å². The van der Waals surface area contributed by atoms with E-state index in [4.69, 9.17) is 23.2 Å². The summed E-state index contributed by atoms with van der Waals surface area (Å²) in [5.41, 5.74) is 1.87. The molecule has 0 fully saturated rings. The number of hydrogen-bond acceptors (Lipinski definition) is 2. The van der Waals surface area contributed by atoms with Crippen molar-refractivity contribution in [3.8, 4) is 16.9 Å². The minimum absolute atomic E-state index is 0.0399. The smallest absolute Gasteiger partial charge is 0.354 e. The predicted molar refractivity (Wildman–Crippen MR) is 86.0 cm³/mol. The Kier molecular flexibility index (Phi) is 3.88. The van der Waals surface area contributed by atoms with Gasteiger partial charge in [0.1, 0.15) is 0 Å². The van der Waals surface area contributed by atoms with Gasteiger partial charge in [0.2, 0.25) is 0 Å². The van der Waals surface area contributed by atoms with E-state index in [9.17, 15) is 9.90 Å². The van der Waals surface area contributed by atoms with Crippen LogP contribution in [0.3, 0.4) is 0 Å². The molecule has 2 aromatic carbocycles. The van der Waals surface area contributed by atoms with Gasteiger partial charge in [-0.3, -0.25) is 0 Å². The Morgan fingerprint density at radius 1 is 1.05 bits per heavy atom. The molecule has 0 atom stereocenters. The molecular weight excluding hydrogens is 323 g/mol. The zero-order valence-corrected chi connectivity index (χ0v) is 12.7. The molecule has 0 saturated heterocycles. The van der Waals surface area contributed by atoms with E-state index in [1.165, 1.54) is 10.7 Å². The zero-order valence-electron chi connectivity index (χ0n) is 11.2. The maximum atomic E-state index is 11.5. The highest BCUT2D eigenvalue weighted by Gasteiger charge is 2.18. The van der Waals surface area contributed by atoms with Crippen LogP contribution >= 0.6 is 23.2 Å². The van der Waals surface area contributed by atoms with Gasteiger partial charge in [-0.15, -0.1) is 0 Å². The molecular formula is C16H10Cl2N2O2. The van der Waals surface area contributed by atoms with Gasteiger partial charge in [0.15, 0.2) is 5.69 Å². The number of aromatic nitrogens is 2. The molecule has 1 heterocycles. The number of benzene rings is 2. The number of nitrogens with zero attached hydrogens (tertiary/aromatic N) is 2. The molecule has 0 saturated carbocycles. The average Bonchev–Trinajstić information content (AvgIpc) is 2.93. The van der Waals surface area contributed by atoms with Crippen LogP contribution in [0.25, 0.3) is 16.9 Å². The van der Waals surface area contributed by atoms with Crippen molar-refractivity contribution in [2.24, 2.45) is 0 Å². The van der Waals surface area contributed by atoms with Crippen molar-refractivity contribution in [2.45, 2.75) is 0 Å². The summed E-state index contributed by atoms with van der Waals surface area (Å²) in [4.78, 5) is 11.5. The van der Waals surface area contributed by atoms with Crippen LogP contribution in [-0.2, 0) is 0 Å². The van der Waals surface area contributed by atoms with E-state index in [2.05, 4.69) is 5.10 Å². The Bertz CT molecular complexity index is 842.